The van der Waals surface area contributed by atoms with Crippen LogP contribution in [-0.2, 0) is 11.3 Å². The molecule has 5 rings (SSSR count). The molecule has 6 heteroatoms. The van der Waals surface area contributed by atoms with E-state index in [0.29, 0.717) is 18.0 Å². The van der Waals surface area contributed by atoms with E-state index < -0.39 is 0 Å². The van der Waals surface area contributed by atoms with Crippen LogP contribution in [-0.4, -0.2) is 59.2 Å². The number of hydrogen-bond acceptors (Lipinski definition) is 4. The maximum absolute atomic E-state index is 13.5. The van der Waals surface area contributed by atoms with Gasteiger partial charge in [0.05, 0.1) is 18.3 Å². The van der Waals surface area contributed by atoms with Crippen LogP contribution in [0.4, 0.5) is 0 Å². The van der Waals surface area contributed by atoms with Gasteiger partial charge in [0.15, 0.2) is 0 Å². The molecule has 0 aliphatic carbocycles. The molecule has 180 valence electrons. The van der Waals surface area contributed by atoms with E-state index in [4.69, 9.17) is 16.7 Å². The Balaban J connectivity index is 1.27. The fourth-order valence-corrected chi connectivity index (χ4v) is 5.02. The standard InChI is InChI=1S/C29H31ClN4O/c1-22-6-5-9-25(18-22)27-19-28(24-10-12-26(30)13-11-24)34(31-27)29(35)21-33-16-14-32(15-17-33)20-23-7-3-2-4-8-23/h2-13,18,28H,14-17,19-21H2,1H3/t28-/m1/s1. The van der Waals surface area contributed by atoms with E-state index in [0.717, 1.165) is 49.6 Å². The molecular weight excluding hydrogens is 456 g/mol. The molecule has 0 aromatic heterocycles. The summed E-state index contributed by atoms with van der Waals surface area (Å²) in [5.74, 6) is 0.0455. The van der Waals surface area contributed by atoms with Gasteiger partial charge >= 0.3 is 0 Å². The van der Waals surface area contributed by atoms with Crippen molar-refractivity contribution < 1.29 is 4.79 Å². The van der Waals surface area contributed by atoms with Gasteiger partial charge in [0, 0.05) is 44.2 Å². The monoisotopic (exact) mass is 486 g/mol. The number of halogens is 1. The molecule has 1 atom stereocenters. The average Bonchev–Trinajstić information content (AvgIpc) is 3.32. The van der Waals surface area contributed by atoms with Gasteiger partial charge in [-0.05, 0) is 35.7 Å². The highest BCUT2D eigenvalue weighted by Crippen LogP contribution is 2.33. The van der Waals surface area contributed by atoms with Crippen LogP contribution in [0, 0.1) is 6.92 Å². The van der Waals surface area contributed by atoms with Crippen molar-refractivity contribution in [1.29, 1.82) is 0 Å². The average molecular weight is 487 g/mol. The second-order valence-electron chi connectivity index (χ2n) is 9.46. The molecule has 3 aromatic carbocycles. The van der Waals surface area contributed by atoms with E-state index in [-0.39, 0.29) is 11.9 Å². The Bertz CT molecular complexity index is 1190. The second kappa shape index (κ2) is 10.7. The summed E-state index contributed by atoms with van der Waals surface area (Å²) in [6, 6.07) is 26.6. The Labute approximate surface area is 212 Å². The first kappa shape index (κ1) is 23.7. The first-order valence-electron chi connectivity index (χ1n) is 12.3. The molecule has 0 saturated carbocycles. The van der Waals surface area contributed by atoms with E-state index >= 15 is 0 Å². The van der Waals surface area contributed by atoms with Gasteiger partial charge < -0.3 is 0 Å². The minimum absolute atomic E-state index is 0.0455. The third-order valence-electron chi connectivity index (χ3n) is 6.84. The number of amides is 1. The van der Waals surface area contributed by atoms with Gasteiger partial charge in [-0.2, -0.15) is 5.10 Å². The van der Waals surface area contributed by atoms with Crippen molar-refractivity contribution in [1.82, 2.24) is 14.8 Å². The lowest BCUT2D eigenvalue weighted by Crippen LogP contribution is -2.49. The van der Waals surface area contributed by atoms with Gasteiger partial charge in [-0.25, -0.2) is 5.01 Å². The Morgan fingerprint density at radius 3 is 2.34 bits per heavy atom. The molecule has 35 heavy (non-hydrogen) atoms. The summed E-state index contributed by atoms with van der Waals surface area (Å²) in [6.07, 6.45) is 0.696. The van der Waals surface area contributed by atoms with E-state index in [2.05, 4.69) is 65.3 Å². The van der Waals surface area contributed by atoms with Crippen molar-refractivity contribution >= 4 is 23.2 Å². The third-order valence-corrected chi connectivity index (χ3v) is 7.10. The number of nitrogens with zero attached hydrogens (tertiary/aromatic N) is 4. The van der Waals surface area contributed by atoms with Crippen molar-refractivity contribution in [2.45, 2.75) is 25.9 Å². The summed E-state index contributed by atoms with van der Waals surface area (Å²) >= 11 is 6.13. The Morgan fingerprint density at radius 1 is 0.914 bits per heavy atom. The number of benzene rings is 3. The number of rotatable bonds is 6. The van der Waals surface area contributed by atoms with Crippen LogP contribution in [0.5, 0.6) is 0 Å². The molecule has 1 saturated heterocycles. The molecule has 5 nitrogen and oxygen atoms in total. The van der Waals surface area contributed by atoms with Crippen molar-refractivity contribution in [3.8, 4) is 0 Å². The molecule has 0 spiro atoms. The van der Waals surface area contributed by atoms with Crippen LogP contribution in [0.25, 0.3) is 0 Å². The second-order valence-corrected chi connectivity index (χ2v) is 9.90. The first-order chi connectivity index (χ1) is 17.0. The number of hydrogen-bond donors (Lipinski definition) is 0. The third kappa shape index (κ3) is 5.81. The van der Waals surface area contributed by atoms with Crippen LogP contribution in [0.15, 0.2) is 84.0 Å². The predicted octanol–water partition coefficient (Wildman–Crippen LogP) is 5.14. The molecule has 0 radical (unpaired) electrons. The number of carbonyl (C=O) groups excluding carboxylic acids is 1. The highest BCUT2D eigenvalue weighted by Gasteiger charge is 2.34. The maximum atomic E-state index is 13.5. The molecule has 0 bridgehead atoms. The zero-order valence-electron chi connectivity index (χ0n) is 20.1. The number of piperazine rings is 1. The van der Waals surface area contributed by atoms with Gasteiger partial charge in [-0.15, -0.1) is 0 Å². The van der Waals surface area contributed by atoms with Crippen molar-refractivity contribution in [3.63, 3.8) is 0 Å². The summed E-state index contributed by atoms with van der Waals surface area (Å²) in [4.78, 5) is 18.2. The van der Waals surface area contributed by atoms with Gasteiger partial charge in [0.1, 0.15) is 0 Å². The number of carbonyl (C=O) groups is 1. The highest BCUT2D eigenvalue weighted by molar-refractivity contribution is 6.30. The quantitative estimate of drug-likeness (QED) is 0.484. The summed E-state index contributed by atoms with van der Waals surface area (Å²) in [5, 5.41) is 7.24. The molecule has 0 unspecified atom stereocenters. The van der Waals surface area contributed by atoms with E-state index in [9.17, 15) is 4.79 Å². The molecular formula is C29H31ClN4O. The van der Waals surface area contributed by atoms with Crippen LogP contribution in [0.1, 0.15) is 34.7 Å². The van der Waals surface area contributed by atoms with Gasteiger partial charge in [0.25, 0.3) is 5.91 Å². The summed E-state index contributed by atoms with van der Waals surface area (Å²) < 4.78 is 0. The lowest BCUT2D eigenvalue weighted by atomic mass is 9.97. The zero-order chi connectivity index (χ0) is 24.2. The van der Waals surface area contributed by atoms with Gasteiger partial charge in [-0.1, -0.05) is 83.9 Å². The Kier molecular flexibility index (Phi) is 7.28. The minimum atomic E-state index is -0.116. The predicted molar refractivity (Wildman–Crippen MR) is 142 cm³/mol. The largest absolute Gasteiger partial charge is 0.297 e. The number of aryl methyl sites for hydroxylation is 1. The minimum Gasteiger partial charge on any atom is -0.297 e. The lowest BCUT2D eigenvalue weighted by Gasteiger charge is -2.35. The summed E-state index contributed by atoms with van der Waals surface area (Å²) in [5.41, 5.74) is 5.61. The Morgan fingerprint density at radius 2 is 1.63 bits per heavy atom. The van der Waals surface area contributed by atoms with E-state index in [1.165, 1.54) is 11.1 Å². The van der Waals surface area contributed by atoms with Crippen molar-refractivity contribution in [2.75, 3.05) is 32.7 Å². The Hall–Kier alpha value is -2.99. The fourth-order valence-electron chi connectivity index (χ4n) is 4.89. The van der Waals surface area contributed by atoms with Crippen LogP contribution in [0.3, 0.4) is 0 Å². The normalized spacial score (nSPS) is 19.1. The first-order valence-corrected chi connectivity index (χ1v) is 12.6. The fraction of sp³-hybridized carbons (Fsp3) is 0.310. The van der Waals surface area contributed by atoms with Gasteiger partial charge in [-0.3, -0.25) is 14.6 Å². The molecule has 1 amide bonds. The van der Waals surface area contributed by atoms with Gasteiger partial charge in [0.2, 0.25) is 0 Å². The van der Waals surface area contributed by atoms with Crippen LogP contribution in [0.2, 0.25) is 5.02 Å². The topological polar surface area (TPSA) is 39.2 Å². The molecule has 0 N–H and O–H groups in total. The smallest absolute Gasteiger partial charge is 0.257 e. The van der Waals surface area contributed by atoms with Crippen molar-refractivity contribution in [2.24, 2.45) is 5.10 Å². The molecule has 3 aromatic rings. The van der Waals surface area contributed by atoms with Crippen LogP contribution < -0.4 is 0 Å². The number of hydrazone groups is 1. The molecule has 2 heterocycles. The maximum Gasteiger partial charge on any atom is 0.257 e. The van der Waals surface area contributed by atoms with Crippen molar-refractivity contribution in [3.05, 3.63) is 106 Å². The zero-order valence-corrected chi connectivity index (χ0v) is 20.9. The highest BCUT2D eigenvalue weighted by atomic mass is 35.5. The molecule has 1 fully saturated rings. The lowest BCUT2D eigenvalue weighted by molar-refractivity contribution is -0.134. The van der Waals surface area contributed by atoms with E-state index in [1.807, 2.05) is 30.3 Å². The van der Waals surface area contributed by atoms with E-state index in [1.54, 1.807) is 5.01 Å². The molecule has 2 aliphatic rings. The van der Waals surface area contributed by atoms with Crippen LogP contribution >= 0.6 is 11.6 Å². The molecule has 2 aliphatic heterocycles. The summed E-state index contributed by atoms with van der Waals surface area (Å²) in [7, 11) is 0. The SMILES string of the molecule is Cc1cccc(C2=NN(C(=O)CN3CCN(Cc4ccccc4)CC3)[C@@H](c3ccc(Cl)cc3)C2)c1. The summed E-state index contributed by atoms with van der Waals surface area (Å²) in [6.45, 7) is 7.10.